The molecule has 0 aliphatic carbocycles. The molecule has 128 valence electrons. The molecule has 0 amide bonds. The van der Waals surface area contributed by atoms with E-state index in [4.69, 9.17) is 9.47 Å². The fourth-order valence-corrected chi connectivity index (χ4v) is 2.56. The Morgan fingerprint density at radius 2 is 1.28 bits per heavy atom. The molecular formula is C22H22O3. The van der Waals surface area contributed by atoms with E-state index in [0.29, 0.717) is 24.7 Å². The molecule has 0 spiro atoms. The van der Waals surface area contributed by atoms with Gasteiger partial charge in [-0.3, -0.25) is 0 Å². The molecule has 25 heavy (non-hydrogen) atoms. The molecule has 1 N–H and O–H groups in total. The van der Waals surface area contributed by atoms with Crippen molar-refractivity contribution in [2.24, 2.45) is 0 Å². The van der Waals surface area contributed by atoms with E-state index in [1.807, 2.05) is 49.4 Å². The Morgan fingerprint density at radius 1 is 0.720 bits per heavy atom. The van der Waals surface area contributed by atoms with Gasteiger partial charge in [0.2, 0.25) is 0 Å². The van der Waals surface area contributed by atoms with Crippen LogP contribution in [0.1, 0.15) is 22.3 Å². The van der Waals surface area contributed by atoms with Gasteiger partial charge in [0.15, 0.2) is 11.5 Å². The van der Waals surface area contributed by atoms with Crippen LogP contribution in [0.5, 0.6) is 17.2 Å². The minimum absolute atomic E-state index is 0.108. The fourth-order valence-electron chi connectivity index (χ4n) is 2.56. The minimum atomic E-state index is 0.108. The third-order valence-electron chi connectivity index (χ3n) is 4.23. The van der Waals surface area contributed by atoms with Crippen molar-refractivity contribution >= 4 is 0 Å². The quantitative estimate of drug-likeness (QED) is 0.676. The second-order valence-corrected chi connectivity index (χ2v) is 6.06. The maximum absolute atomic E-state index is 10.0. The van der Waals surface area contributed by atoms with Gasteiger partial charge in [-0.15, -0.1) is 0 Å². The second kappa shape index (κ2) is 7.75. The lowest BCUT2D eigenvalue weighted by Crippen LogP contribution is -2.00. The standard InChI is InChI=1S/C22H22O3/c1-16-7-3-5-9-18(16)14-24-20-11-12-21(23)22(13-20)25-15-19-10-6-4-8-17(19)2/h3-13,23H,14-15H2,1-2H3. The predicted molar refractivity (Wildman–Crippen MR) is 99.1 cm³/mol. The molecule has 3 aromatic rings. The SMILES string of the molecule is Cc1ccccc1COc1ccc(O)c(OCc2ccccc2C)c1. The molecular weight excluding hydrogens is 312 g/mol. The van der Waals surface area contributed by atoms with E-state index in [-0.39, 0.29) is 5.75 Å². The summed E-state index contributed by atoms with van der Waals surface area (Å²) >= 11 is 0. The lowest BCUT2D eigenvalue weighted by Gasteiger charge is -2.13. The summed E-state index contributed by atoms with van der Waals surface area (Å²) in [7, 11) is 0. The van der Waals surface area contributed by atoms with Gasteiger partial charge in [0.05, 0.1) is 0 Å². The molecule has 0 bridgehead atoms. The van der Waals surface area contributed by atoms with Crippen LogP contribution in [0.2, 0.25) is 0 Å². The lowest BCUT2D eigenvalue weighted by molar-refractivity contribution is 0.277. The average molecular weight is 334 g/mol. The number of aromatic hydroxyl groups is 1. The van der Waals surface area contributed by atoms with E-state index in [9.17, 15) is 5.11 Å². The highest BCUT2D eigenvalue weighted by atomic mass is 16.5. The molecule has 0 aliphatic rings. The van der Waals surface area contributed by atoms with Crippen molar-refractivity contribution < 1.29 is 14.6 Å². The van der Waals surface area contributed by atoms with Gasteiger partial charge >= 0.3 is 0 Å². The van der Waals surface area contributed by atoms with Crippen LogP contribution in [0.4, 0.5) is 0 Å². The zero-order chi connectivity index (χ0) is 17.6. The number of ether oxygens (including phenoxy) is 2. The molecule has 0 saturated heterocycles. The molecule has 3 aromatic carbocycles. The summed E-state index contributed by atoms with van der Waals surface area (Å²) in [6.07, 6.45) is 0. The number of phenols is 1. The first kappa shape index (κ1) is 16.9. The van der Waals surface area contributed by atoms with Gasteiger partial charge in [-0.1, -0.05) is 48.5 Å². The number of aryl methyl sites for hydroxylation is 2. The highest BCUT2D eigenvalue weighted by Crippen LogP contribution is 2.31. The maximum Gasteiger partial charge on any atom is 0.165 e. The van der Waals surface area contributed by atoms with Gasteiger partial charge in [-0.25, -0.2) is 0 Å². The summed E-state index contributed by atoms with van der Waals surface area (Å²) in [5.74, 6) is 1.20. The Hall–Kier alpha value is -2.94. The zero-order valence-corrected chi connectivity index (χ0v) is 14.5. The van der Waals surface area contributed by atoms with Crippen LogP contribution in [0.25, 0.3) is 0 Å². The summed E-state index contributed by atoms with van der Waals surface area (Å²) in [5.41, 5.74) is 4.58. The molecule has 0 saturated carbocycles. The molecule has 3 nitrogen and oxygen atoms in total. The highest BCUT2D eigenvalue weighted by Gasteiger charge is 2.07. The Morgan fingerprint density at radius 3 is 1.88 bits per heavy atom. The first-order valence-electron chi connectivity index (χ1n) is 8.31. The van der Waals surface area contributed by atoms with E-state index >= 15 is 0 Å². The van der Waals surface area contributed by atoms with E-state index in [1.54, 1.807) is 18.2 Å². The molecule has 0 heterocycles. The number of rotatable bonds is 6. The molecule has 0 radical (unpaired) electrons. The fraction of sp³-hybridized carbons (Fsp3) is 0.182. The van der Waals surface area contributed by atoms with Gasteiger partial charge in [-0.2, -0.15) is 0 Å². The van der Waals surface area contributed by atoms with Crippen LogP contribution in [-0.4, -0.2) is 5.11 Å². The van der Waals surface area contributed by atoms with Gasteiger partial charge in [0, 0.05) is 6.07 Å². The smallest absolute Gasteiger partial charge is 0.165 e. The molecule has 0 unspecified atom stereocenters. The second-order valence-electron chi connectivity index (χ2n) is 6.06. The van der Waals surface area contributed by atoms with Crippen LogP contribution in [0.15, 0.2) is 66.7 Å². The van der Waals surface area contributed by atoms with Crippen molar-refractivity contribution in [1.29, 1.82) is 0 Å². The topological polar surface area (TPSA) is 38.7 Å². The summed E-state index contributed by atoms with van der Waals surface area (Å²) in [4.78, 5) is 0. The normalized spacial score (nSPS) is 10.5. The van der Waals surface area contributed by atoms with Crippen LogP contribution >= 0.6 is 0 Å². The first-order chi connectivity index (χ1) is 12.1. The Bertz CT molecular complexity index is 855. The van der Waals surface area contributed by atoms with Crippen molar-refractivity contribution in [3.8, 4) is 17.2 Å². The van der Waals surface area contributed by atoms with Crippen LogP contribution in [0.3, 0.4) is 0 Å². The van der Waals surface area contributed by atoms with E-state index in [0.717, 1.165) is 16.7 Å². The van der Waals surface area contributed by atoms with Crippen molar-refractivity contribution in [2.75, 3.05) is 0 Å². The Labute approximate surface area is 148 Å². The third-order valence-corrected chi connectivity index (χ3v) is 4.23. The monoisotopic (exact) mass is 334 g/mol. The average Bonchev–Trinajstić information content (AvgIpc) is 2.62. The van der Waals surface area contributed by atoms with Gasteiger partial charge in [0.25, 0.3) is 0 Å². The van der Waals surface area contributed by atoms with Crippen LogP contribution in [0, 0.1) is 13.8 Å². The van der Waals surface area contributed by atoms with E-state index < -0.39 is 0 Å². The number of hydrogen-bond donors (Lipinski definition) is 1. The Balaban J connectivity index is 1.68. The van der Waals surface area contributed by atoms with Crippen molar-refractivity contribution in [3.63, 3.8) is 0 Å². The summed E-state index contributed by atoms with van der Waals surface area (Å²) in [5, 5.41) is 10.0. The van der Waals surface area contributed by atoms with Crippen molar-refractivity contribution in [2.45, 2.75) is 27.1 Å². The predicted octanol–water partition coefficient (Wildman–Crippen LogP) is 5.17. The minimum Gasteiger partial charge on any atom is -0.504 e. The van der Waals surface area contributed by atoms with Crippen molar-refractivity contribution in [1.82, 2.24) is 0 Å². The lowest BCUT2D eigenvalue weighted by atomic mass is 10.1. The van der Waals surface area contributed by atoms with E-state index in [2.05, 4.69) is 13.0 Å². The largest absolute Gasteiger partial charge is 0.504 e. The number of hydrogen-bond acceptors (Lipinski definition) is 3. The zero-order valence-electron chi connectivity index (χ0n) is 14.5. The van der Waals surface area contributed by atoms with Gasteiger partial charge in [-0.05, 0) is 48.2 Å². The van der Waals surface area contributed by atoms with Crippen LogP contribution in [-0.2, 0) is 13.2 Å². The molecule has 0 aliphatic heterocycles. The third kappa shape index (κ3) is 4.32. The number of benzene rings is 3. The highest BCUT2D eigenvalue weighted by molar-refractivity contribution is 5.45. The molecule has 3 rings (SSSR count). The summed E-state index contributed by atoms with van der Waals surface area (Å²) in [6.45, 7) is 4.99. The maximum atomic E-state index is 10.0. The summed E-state index contributed by atoms with van der Waals surface area (Å²) < 4.78 is 11.6. The summed E-state index contributed by atoms with van der Waals surface area (Å²) in [6, 6.07) is 21.2. The molecule has 0 fully saturated rings. The van der Waals surface area contributed by atoms with Crippen molar-refractivity contribution in [3.05, 3.63) is 89.0 Å². The van der Waals surface area contributed by atoms with Gasteiger partial charge < -0.3 is 14.6 Å². The van der Waals surface area contributed by atoms with Crippen LogP contribution < -0.4 is 9.47 Å². The van der Waals surface area contributed by atoms with E-state index in [1.165, 1.54) is 5.56 Å². The molecule has 0 aromatic heterocycles. The number of phenolic OH excluding ortho intramolecular Hbond substituents is 1. The molecule has 0 atom stereocenters. The van der Waals surface area contributed by atoms with Gasteiger partial charge in [0.1, 0.15) is 19.0 Å². The first-order valence-corrected chi connectivity index (χ1v) is 8.31. The molecule has 3 heteroatoms. The Kier molecular flexibility index (Phi) is 5.24.